The minimum atomic E-state index is -0.781. The molecular formula is C7H14N2O3. The molecule has 0 unspecified atom stereocenters. The van der Waals surface area contributed by atoms with Crippen LogP contribution in [0.2, 0.25) is 0 Å². The first-order valence-corrected chi connectivity index (χ1v) is 3.95. The molecule has 1 fully saturated rings. The van der Waals surface area contributed by atoms with E-state index in [0.29, 0.717) is 13.1 Å². The first kappa shape index (κ1) is 9.44. The van der Waals surface area contributed by atoms with Gasteiger partial charge in [0.15, 0.2) is 0 Å². The summed E-state index contributed by atoms with van der Waals surface area (Å²) in [6, 6.07) is -0.233. The Morgan fingerprint density at radius 3 is 2.75 bits per heavy atom. The van der Waals surface area contributed by atoms with Gasteiger partial charge in [-0.05, 0) is 0 Å². The highest BCUT2D eigenvalue weighted by Crippen LogP contribution is 2.06. The number of hydrogen-bond acceptors (Lipinski definition) is 4. The molecule has 0 saturated carbocycles. The molecule has 0 radical (unpaired) electrons. The molecule has 4 N–H and O–H groups in total. The van der Waals surface area contributed by atoms with Gasteiger partial charge in [-0.1, -0.05) is 0 Å². The highest BCUT2D eigenvalue weighted by molar-refractivity contribution is 5.72. The summed E-state index contributed by atoms with van der Waals surface area (Å²) in [7, 11) is 0. The Kier molecular flexibility index (Phi) is 3.02. The van der Waals surface area contributed by atoms with Crippen LogP contribution in [0.4, 0.5) is 0 Å². The summed E-state index contributed by atoms with van der Waals surface area (Å²) in [6.45, 7) is 2.15. The van der Waals surface area contributed by atoms with Crippen molar-refractivity contribution in [2.75, 3.05) is 13.1 Å². The van der Waals surface area contributed by atoms with E-state index in [1.807, 2.05) is 0 Å². The van der Waals surface area contributed by atoms with Gasteiger partial charge in [-0.3, -0.25) is 4.79 Å². The number of carbonyl (C=O) groups excluding carboxylic acids is 1. The summed E-state index contributed by atoms with van der Waals surface area (Å²) >= 11 is 0. The van der Waals surface area contributed by atoms with E-state index in [4.69, 9.17) is 5.11 Å². The second-order valence-corrected chi connectivity index (χ2v) is 3.01. The molecule has 0 spiro atoms. The summed E-state index contributed by atoms with van der Waals surface area (Å²) < 4.78 is 0. The zero-order chi connectivity index (χ0) is 9.14. The Morgan fingerprint density at radius 2 is 2.33 bits per heavy atom. The van der Waals surface area contributed by atoms with Gasteiger partial charge in [0.2, 0.25) is 5.91 Å². The standard InChI is InChI=1S/C7H14N2O3/c1-4(10)8-2-5-7(12)6(11)3-9-5/h5-7,9,11-12H,2-3H2,1H3,(H,8,10)/t5-,6+,7-/m1/s1. The monoisotopic (exact) mass is 174 g/mol. The van der Waals surface area contributed by atoms with Gasteiger partial charge in [0.05, 0.1) is 18.2 Å². The third-order valence-electron chi connectivity index (χ3n) is 1.97. The molecule has 0 aromatic rings. The number of carbonyl (C=O) groups is 1. The van der Waals surface area contributed by atoms with E-state index < -0.39 is 12.2 Å². The van der Waals surface area contributed by atoms with E-state index >= 15 is 0 Å². The van der Waals surface area contributed by atoms with Gasteiger partial charge < -0.3 is 20.8 Å². The maximum absolute atomic E-state index is 10.5. The zero-order valence-electron chi connectivity index (χ0n) is 6.95. The molecule has 70 valence electrons. The van der Waals surface area contributed by atoms with Crippen LogP contribution in [-0.4, -0.2) is 47.5 Å². The minimum Gasteiger partial charge on any atom is -0.389 e. The highest BCUT2D eigenvalue weighted by atomic mass is 16.3. The van der Waals surface area contributed by atoms with E-state index in [1.165, 1.54) is 6.92 Å². The normalized spacial score (nSPS) is 35.1. The number of amides is 1. The van der Waals surface area contributed by atoms with Crippen molar-refractivity contribution in [2.24, 2.45) is 0 Å². The molecule has 1 aliphatic rings. The van der Waals surface area contributed by atoms with Crippen molar-refractivity contribution in [3.8, 4) is 0 Å². The fourth-order valence-corrected chi connectivity index (χ4v) is 1.23. The Hall–Kier alpha value is -0.650. The van der Waals surface area contributed by atoms with Gasteiger partial charge in [0.25, 0.3) is 0 Å². The van der Waals surface area contributed by atoms with E-state index in [1.54, 1.807) is 0 Å². The molecule has 0 bridgehead atoms. The van der Waals surface area contributed by atoms with Gasteiger partial charge in [0.1, 0.15) is 0 Å². The molecule has 1 saturated heterocycles. The number of β-amino-alcohol motifs (C(OH)–C–C–N with tert-alkyl or cyclic N) is 1. The summed E-state index contributed by atoms with van der Waals surface area (Å²) in [5, 5.41) is 23.9. The predicted molar refractivity (Wildman–Crippen MR) is 42.5 cm³/mol. The van der Waals surface area contributed by atoms with Crippen LogP contribution < -0.4 is 10.6 Å². The van der Waals surface area contributed by atoms with E-state index in [0.717, 1.165) is 0 Å². The van der Waals surface area contributed by atoms with Gasteiger partial charge in [-0.25, -0.2) is 0 Å². The summed E-state index contributed by atoms with van der Waals surface area (Å²) in [5.74, 6) is -0.134. The van der Waals surface area contributed by atoms with E-state index in [-0.39, 0.29) is 11.9 Å². The summed E-state index contributed by atoms with van der Waals surface area (Å²) in [6.07, 6.45) is -1.50. The number of hydrogen-bond donors (Lipinski definition) is 4. The number of nitrogens with one attached hydrogen (secondary N) is 2. The maximum Gasteiger partial charge on any atom is 0.216 e. The first-order valence-electron chi connectivity index (χ1n) is 3.95. The second kappa shape index (κ2) is 3.84. The smallest absolute Gasteiger partial charge is 0.216 e. The topological polar surface area (TPSA) is 81.6 Å². The van der Waals surface area contributed by atoms with Crippen molar-refractivity contribution in [3.05, 3.63) is 0 Å². The van der Waals surface area contributed by atoms with Gasteiger partial charge in [-0.15, -0.1) is 0 Å². The average Bonchev–Trinajstić information content (AvgIpc) is 2.30. The second-order valence-electron chi connectivity index (χ2n) is 3.01. The molecule has 3 atom stereocenters. The number of rotatable bonds is 2. The van der Waals surface area contributed by atoms with E-state index in [9.17, 15) is 9.90 Å². The van der Waals surface area contributed by atoms with Gasteiger partial charge >= 0.3 is 0 Å². The molecule has 0 aromatic carbocycles. The molecule has 1 aliphatic heterocycles. The van der Waals surface area contributed by atoms with Crippen molar-refractivity contribution >= 4 is 5.91 Å². The summed E-state index contributed by atoms with van der Waals surface area (Å²) in [5.41, 5.74) is 0. The SMILES string of the molecule is CC(=O)NC[C@H]1NC[C@H](O)[C@@H]1O. The fraction of sp³-hybridized carbons (Fsp3) is 0.857. The summed E-state index contributed by atoms with van der Waals surface area (Å²) in [4.78, 5) is 10.5. The quantitative estimate of drug-likeness (QED) is 0.383. The zero-order valence-corrected chi connectivity index (χ0v) is 6.95. The van der Waals surface area contributed by atoms with Crippen LogP contribution in [0.5, 0.6) is 0 Å². The molecule has 1 heterocycles. The largest absolute Gasteiger partial charge is 0.389 e. The fourth-order valence-electron chi connectivity index (χ4n) is 1.23. The Bertz CT molecular complexity index is 174. The lowest BCUT2D eigenvalue weighted by molar-refractivity contribution is -0.119. The van der Waals surface area contributed by atoms with Crippen molar-refractivity contribution in [2.45, 2.75) is 25.2 Å². The molecule has 1 rings (SSSR count). The Balaban J connectivity index is 2.29. The van der Waals surface area contributed by atoms with Crippen LogP contribution in [-0.2, 0) is 4.79 Å². The molecule has 5 heteroatoms. The molecular weight excluding hydrogens is 160 g/mol. The molecule has 1 amide bonds. The lowest BCUT2D eigenvalue weighted by atomic mass is 10.1. The van der Waals surface area contributed by atoms with Crippen molar-refractivity contribution < 1.29 is 15.0 Å². The van der Waals surface area contributed by atoms with Gasteiger partial charge in [0, 0.05) is 20.0 Å². The molecule has 12 heavy (non-hydrogen) atoms. The minimum absolute atomic E-state index is 0.134. The van der Waals surface area contributed by atoms with Crippen molar-refractivity contribution in [3.63, 3.8) is 0 Å². The lowest BCUT2D eigenvalue weighted by Crippen LogP contribution is -2.42. The van der Waals surface area contributed by atoms with Crippen molar-refractivity contribution in [1.29, 1.82) is 0 Å². The average molecular weight is 174 g/mol. The van der Waals surface area contributed by atoms with Crippen LogP contribution in [0.1, 0.15) is 6.92 Å². The van der Waals surface area contributed by atoms with Crippen LogP contribution >= 0.6 is 0 Å². The Labute approximate surface area is 70.8 Å². The molecule has 5 nitrogen and oxygen atoms in total. The lowest BCUT2D eigenvalue weighted by Gasteiger charge is -2.15. The Morgan fingerprint density at radius 1 is 1.67 bits per heavy atom. The van der Waals surface area contributed by atoms with E-state index in [2.05, 4.69) is 10.6 Å². The van der Waals surface area contributed by atoms with Crippen LogP contribution in [0.15, 0.2) is 0 Å². The number of aliphatic hydroxyl groups excluding tert-OH is 2. The third-order valence-corrected chi connectivity index (χ3v) is 1.97. The maximum atomic E-state index is 10.5. The predicted octanol–water partition coefficient (Wildman–Crippen LogP) is -2.18. The highest BCUT2D eigenvalue weighted by Gasteiger charge is 2.32. The van der Waals surface area contributed by atoms with Gasteiger partial charge in [-0.2, -0.15) is 0 Å². The molecule has 0 aliphatic carbocycles. The third kappa shape index (κ3) is 2.17. The molecule has 0 aromatic heterocycles. The number of aliphatic hydroxyl groups is 2. The van der Waals surface area contributed by atoms with Crippen LogP contribution in [0.3, 0.4) is 0 Å². The van der Waals surface area contributed by atoms with Crippen LogP contribution in [0.25, 0.3) is 0 Å². The van der Waals surface area contributed by atoms with Crippen LogP contribution in [0, 0.1) is 0 Å². The first-order chi connectivity index (χ1) is 5.61. The van der Waals surface area contributed by atoms with Crippen molar-refractivity contribution in [1.82, 2.24) is 10.6 Å².